The van der Waals surface area contributed by atoms with E-state index in [1.165, 1.54) is 5.56 Å². The van der Waals surface area contributed by atoms with Crippen LogP contribution in [-0.2, 0) is 6.42 Å². The van der Waals surface area contributed by atoms with Crippen LogP contribution in [0.3, 0.4) is 0 Å². The minimum absolute atomic E-state index is 0.197. The van der Waals surface area contributed by atoms with Gasteiger partial charge in [-0.25, -0.2) is 9.78 Å². The fraction of sp³-hybridized carbons (Fsp3) is 0.167. The second-order valence-electron chi connectivity index (χ2n) is 7.22. The predicted molar refractivity (Wildman–Crippen MR) is 122 cm³/mol. The monoisotopic (exact) mass is 418 g/mol. The van der Waals surface area contributed by atoms with Crippen LogP contribution in [0.25, 0.3) is 16.8 Å². The van der Waals surface area contributed by atoms with Crippen molar-refractivity contribution in [2.24, 2.45) is 0 Å². The number of hydrogen-bond donors (Lipinski definition) is 2. The molecule has 4 rings (SSSR count). The maximum Gasteiger partial charge on any atom is 0.319 e. The fourth-order valence-corrected chi connectivity index (χ4v) is 3.69. The van der Waals surface area contributed by atoms with Gasteiger partial charge in [0.25, 0.3) is 0 Å². The molecular weight excluding hydrogens is 396 g/mol. The minimum Gasteiger partial charge on any atom is -0.338 e. The molecule has 6 heteroatoms. The number of anilines is 1. The molecule has 2 amide bonds. The van der Waals surface area contributed by atoms with E-state index in [0.717, 1.165) is 40.1 Å². The molecule has 0 spiro atoms. The van der Waals surface area contributed by atoms with Crippen molar-refractivity contribution < 1.29 is 4.79 Å². The lowest BCUT2D eigenvalue weighted by atomic mass is 10.0. The lowest BCUT2D eigenvalue weighted by Gasteiger charge is -2.11. The lowest BCUT2D eigenvalue weighted by Crippen LogP contribution is -2.28. The van der Waals surface area contributed by atoms with E-state index in [1.54, 1.807) is 0 Å². The molecular formula is C24H23ClN4O. The number of rotatable bonds is 5. The Morgan fingerprint density at radius 2 is 1.90 bits per heavy atom. The third-order valence-corrected chi connectivity index (χ3v) is 5.18. The first-order valence-corrected chi connectivity index (χ1v) is 10.3. The number of imidazole rings is 1. The maximum absolute atomic E-state index is 11.7. The molecule has 0 aliphatic carbocycles. The standard InChI is InChI=1S/C24H23ClN4O/c1-3-26-24(30)28-21-9-7-17(8-10-21)11-18-12-22(19-5-4-6-20(25)13-19)23-27-14-16(2)29(23)15-18/h4-10,12-15H,3,11H2,1-2H3,(H2,26,28,30). The smallest absolute Gasteiger partial charge is 0.319 e. The molecule has 5 nitrogen and oxygen atoms in total. The van der Waals surface area contributed by atoms with Gasteiger partial charge in [-0.1, -0.05) is 35.9 Å². The topological polar surface area (TPSA) is 58.4 Å². The number of carbonyl (C=O) groups excluding carboxylic acids is 1. The summed E-state index contributed by atoms with van der Waals surface area (Å²) in [7, 11) is 0. The number of hydrogen-bond acceptors (Lipinski definition) is 2. The maximum atomic E-state index is 11.7. The highest BCUT2D eigenvalue weighted by Crippen LogP contribution is 2.29. The lowest BCUT2D eigenvalue weighted by molar-refractivity contribution is 0.252. The summed E-state index contributed by atoms with van der Waals surface area (Å²) in [4.78, 5) is 16.3. The van der Waals surface area contributed by atoms with Crippen molar-refractivity contribution in [3.63, 3.8) is 0 Å². The van der Waals surface area contributed by atoms with Crippen LogP contribution in [0.1, 0.15) is 23.7 Å². The molecule has 0 saturated heterocycles. The number of carbonyl (C=O) groups is 1. The number of aromatic nitrogens is 2. The Bertz CT molecular complexity index is 1200. The highest BCUT2D eigenvalue weighted by Gasteiger charge is 2.11. The number of pyridine rings is 1. The van der Waals surface area contributed by atoms with Crippen molar-refractivity contribution in [3.05, 3.63) is 88.8 Å². The summed E-state index contributed by atoms with van der Waals surface area (Å²) in [6.07, 6.45) is 4.78. The van der Waals surface area contributed by atoms with E-state index in [-0.39, 0.29) is 6.03 Å². The second-order valence-corrected chi connectivity index (χ2v) is 7.66. The second kappa shape index (κ2) is 8.59. The zero-order valence-electron chi connectivity index (χ0n) is 16.9. The Morgan fingerprint density at radius 1 is 1.10 bits per heavy atom. The van der Waals surface area contributed by atoms with Crippen molar-refractivity contribution >= 4 is 29.0 Å². The number of nitrogens with one attached hydrogen (secondary N) is 2. The van der Waals surface area contributed by atoms with Gasteiger partial charge < -0.3 is 15.0 Å². The molecule has 0 saturated carbocycles. The van der Waals surface area contributed by atoms with Gasteiger partial charge in [-0.3, -0.25) is 0 Å². The Morgan fingerprint density at radius 3 is 2.63 bits per heavy atom. The van der Waals surface area contributed by atoms with E-state index in [1.807, 2.05) is 62.5 Å². The molecule has 4 aromatic rings. The van der Waals surface area contributed by atoms with Gasteiger partial charge in [0.1, 0.15) is 5.65 Å². The van der Waals surface area contributed by atoms with Gasteiger partial charge in [-0.05, 0) is 67.3 Å². The summed E-state index contributed by atoms with van der Waals surface area (Å²) in [5, 5.41) is 6.25. The first-order chi connectivity index (χ1) is 14.5. The molecule has 2 aromatic carbocycles. The number of halogens is 1. The molecule has 0 fully saturated rings. The quantitative estimate of drug-likeness (QED) is 0.437. The molecule has 0 radical (unpaired) electrons. The molecule has 2 heterocycles. The number of aryl methyl sites for hydroxylation is 1. The highest BCUT2D eigenvalue weighted by atomic mass is 35.5. The summed E-state index contributed by atoms with van der Waals surface area (Å²) in [5.41, 5.74) is 7.19. The number of benzene rings is 2. The normalized spacial score (nSPS) is 10.9. The van der Waals surface area contributed by atoms with Crippen molar-refractivity contribution in [2.75, 3.05) is 11.9 Å². The summed E-state index contributed by atoms with van der Waals surface area (Å²) in [6.45, 7) is 4.53. The van der Waals surface area contributed by atoms with Crippen LogP contribution in [0.5, 0.6) is 0 Å². The average molecular weight is 419 g/mol. The third-order valence-electron chi connectivity index (χ3n) is 4.94. The van der Waals surface area contributed by atoms with Crippen LogP contribution >= 0.6 is 11.6 Å². The number of amides is 2. The number of nitrogens with zero attached hydrogens (tertiary/aromatic N) is 2. The Balaban J connectivity index is 1.65. The number of urea groups is 1. The van der Waals surface area contributed by atoms with Gasteiger partial charge in [0.15, 0.2) is 0 Å². The fourth-order valence-electron chi connectivity index (χ4n) is 3.50. The van der Waals surface area contributed by atoms with E-state index >= 15 is 0 Å². The van der Waals surface area contributed by atoms with E-state index < -0.39 is 0 Å². The minimum atomic E-state index is -0.197. The summed E-state index contributed by atoms with van der Waals surface area (Å²) in [6, 6.07) is 17.7. The van der Waals surface area contributed by atoms with Crippen LogP contribution in [0.15, 0.2) is 67.0 Å². The van der Waals surface area contributed by atoms with Crippen LogP contribution in [0.4, 0.5) is 10.5 Å². The summed E-state index contributed by atoms with van der Waals surface area (Å²) >= 11 is 6.23. The number of fused-ring (bicyclic) bond motifs is 1. The van der Waals surface area contributed by atoms with Gasteiger partial charge in [0.2, 0.25) is 0 Å². The van der Waals surface area contributed by atoms with Crippen LogP contribution in [0, 0.1) is 6.92 Å². The molecule has 0 bridgehead atoms. The van der Waals surface area contributed by atoms with Gasteiger partial charge in [0.05, 0.1) is 0 Å². The molecule has 2 aromatic heterocycles. The Labute approximate surface area is 180 Å². The largest absolute Gasteiger partial charge is 0.338 e. The zero-order valence-corrected chi connectivity index (χ0v) is 17.7. The van der Waals surface area contributed by atoms with Gasteiger partial charge in [-0.2, -0.15) is 0 Å². The molecule has 152 valence electrons. The summed E-state index contributed by atoms with van der Waals surface area (Å²) in [5.74, 6) is 0. The highest BCUT2D eigenvalue weighted by molar-refractivity contribution is 6.30. The SMILES string of the molecule is CCNC(=O)Nc1ccc(Cc2cc(-c3cccc(Cl)c3)c3ncc(C)n3c2)cc1. The molecule has 0 aliphatic rings. The molecule has 2 N–H and O–H groups in total. The molecule has 0 aliphatic heterocycles. The van der Waals surface area contributed by atoms with Crippen molar-refractivity contribution in [3.8, 4) is 11.1 Å². The van der Waals surface area contributed by atoms with Gasteiger partial charge in [-0.15, -0.1) is 0 Å². The molecule has 0 unspecified atom stereocenters. The zero-order chi connectivity index (χ0) is 21.1. The molecule has 30 heavy (non-hydrogen) atoms. The van der Waals surface area contributed by atoms with Crippen molar-refractivity contribution in [1.29, 1.82) is 0 Å². The van der Waals surface area contributed by atoms with E-state index in [9.17, 15) is 4.79 Å². The van der Waals surface area contributed by atoms with Crippen molar-refractivity contribution in [1.82, 2.24) is 14.7 Å². The Kier molecular flexibility index (Phi) is 5.72. The Hall–Kier alpha value is -3.31. The van der Waals surface area contributed by atoms with E-state index in [4.69, 9.17) is 11.6 Å². The van der Waals surface area contributed by atoms with Crippen LogP contribution < -0.4 is 10.6 Å². The summed E-state index contributed by atoms with van der Waals surface area (Å²) < 4.78 is 2.12. The van der Waals surface area contributed by atoms with Crippen molar-refractivity contribution in [2.45, 2.75) is 20.3 Å². The average Bonchev–Trinajstić information content (AvgIpc) is 3.10. The van der Waals surface area contributed by atoms with E-state index in [2.05, 4.69) is 38.3 Å². The van der Waals surface area contributed by atoms with Gasteiger partial charge in [0, 0.05) is 40.9 Å². The van der Waals surface area contributed by atoms with Gasteiger partial charge >= 0.3 is 6.03 Å². The first-order valence-electron chi connectivity index (χ1n) is 9.90. The third kappa shape index (κ3) is 4.31. The van der Waals surface area contributed by atoms with Crippen LogP contribution in [-0.4, -0.2) is 22.0 Å². The molecule has 0 atom stereocenters. The van der Waals surface area contributed by atoms with Crippen LogP contribution in [0.2, 0.25) is 5.02 Å². The predicted octanol–water partition coefficient (Wildman–Crippen LogP) is 5.70. The first kappa shape index (κ1) is 20.0. The van der Waals surface area contributed by atoms with E-state index in [0.29, 0.717) is 11.6 Å².